The summed E-state index contributed by atoms with van der Waals surface area (Å²) >= 11 is 0. The van der Waals surface area contributed by atoms with Gasteiger partial charge in [0, 0.05) is 52.3 Å². The van der Waals surface area contributed by atoms with E-state index in [4.69, 9.17) is 9.72 Å². The number of fused-ring (bicyclic) bond motifs is 5. The fourth-order valence-corrected chi connectivity index (χ4v) is 9.28. The molecule has 0 bridgehead atoms. The van der Waals surface area contributed by atoms with Crippen LogP contribution in [0, 0.1) is 6.92 Å². The minimum Gasteiger partial charge on any atom is -0.457 e. The summed E-state index contributed by atoms with van der Waals surface area (Å²) in [7, 11) is 0. The molecule has 8 aromatic rings. The lowest BCUT2D eigenvalue weighted by Crippen LogP contribution is -2.40. The van der Waals surface area contributed by atoms with E-state index in [0.717, 1.165) is 50.8 Å². The summed E-state index contributed by atoms with van der Waals surface area (Å²) in [5, 5.41) is 2.34. The molecule has 0 radical (unpaired) electrons. The van der Waals surface area contributed by atoms with Crippen molar-refractivity contribution < 1.29 is 4.74 Å². The van der Waals surface area contributed by atoms with Crippen LogP contribution in [-0.2, 0) is 5.41 Å². The van der Waals surface area contributed by atoms with Crippen LogP contribution in [0.1, 0.15) is 43.0 Å². The molecule has 0 unspecified atom stereocenters. The zero-order valence-corrected chi connectivity index (χ0v) is 35.4. The van der Waals surface area contributed by atoms with Crippen molar-refractivity contribution in [3.05, 3.63) is 222 Å². The monoisotopic (exact) mass is 803 g/mol. The molecule has 6 aromatic carbocycles. The van der Waals surface area contributed by atoms with Crippen LogP contribution in [0.15, 0.2) is 200 Å². The maximum Gasteiger partial charge on any atom is 0.322 e. The second-order valence-corrected chi connectivity index (χ2v) is 17.4. The molecule has 3 aliphatic rings. The first-order valence-corrected chi connectivity index (χ1v) is 21.4. The molecule has 6 nitrogen and oxygen atoms in total. The third-order valence-corrected chi connectivity index (χ3v) is 12.4. The number of benzene rings is 6. The highest BCUT2D eigenvalue weighted by molar-refractivity contribution is 6.82. The number of aromatic nitrogens is 2. The highest BCUT2D eigenvalue weighted by Gasteiger charge is 2.39. The largest absolute Gasteiger partial charge is 0.457 e. The minimum atomic E-state index is -0.00816. The molecule has 0 spiro atoms. The number of allylic oxidation sites excluding steroid dienone is 3. The van der Waals surface area contributed by atoms with Gasteiger partial charge in [0.2, 0.25) is 0 Å². The molecule has 0 fully saturated rings. The van der Waals surface area contributed by atoms with Crippen molar-refractivity contribution in [2.75, 3.05) is 16.5 Å². The number of hydrogen-bond acceptors (Lipinski definition) is 5. The van der Waals surface area contributed by atoms with Crippen LogP contribution in [0.3, 0.4) is 0 Å². The van der Waals surface area contributed by atoms with Crippen LogP contribution in [0.2, 0.25) is 0 Å². The van der Waals surface area contributed by atoms with E-state index in [1.54, 1.807) is 0 Å². The number of aryl methyl sites for hydroxylation is 1. The predicted octanol–water partition coefficient (Wildman–Crippen LogP) is 13.4. The van der Waals surface area contributed by atoms with Crippen molar-refractivity contribution >= 4 is 56.8 Å². The van der Waals surface area contributed by atoms with Gasteiger partial charge in [-0.2, -0.15) is 0 Å². The maximum absolute atomic E-state index is 6.79. The van der Waals surface area contributed by atoms with E-state index < -0.39 is 0 Å². The summed E-state index contributed by atoms with van der Waals surface area (Å²) < 4.78 is 9.05. The van der Waals surface area contributed by atoms with E-state index in [0.29, 0.717) is 6.67 Å². The van der Waals surface area contributed by atoms with Gasteiger partial charge in [0.15, 0.2) is 0 Å². The first-order chi connectivity index (χ1) is 30.3. The highest BCUT2D eigenvalue weighted by atomic mass is 16.5. The second kappa shape index (κ2) is 14.9. The first-order valence-electron chi connectivity index (χ1n) is 21.4. The fraction of sp³-hybridized carbons (Fsp3) is 0.109. The molecule has 5 heterocycles. The first kappa shape index (κ1) is 37.5. The van der Waals surface area contributed by atoms with Gasteiger partial charge in [-0.15, -0.1) is 0 Å². The van der Waals surface area contributed by atoms with Gasteiger partial charge in [-0.05, 0) is 101 Å². The Kier molecular flexibility index (Phi) is 9.01. The molecule has 3 aliphatic heterocycles. The fourth-order valence-electron chi connectivity index (χ4n) is 9.28. The molecule has 2 aromatic heterocycles. The molecule has 11 rings (SSSR count). The van der Waals surface area contributed by atoms with Crippen LogP contribution >= 0.6 is 0 Å². The van der Waals surface area contributed by atoms with Gasteiger partial charge in [0.05, 0.1) is 22.4 Å². The van der Waals surface area contributed by atoms with E-state index in [9.17, 15) is 0 Å². The highest BCUT2D eigenvalue weighted by Crippen LogP contribution is 2.49. The van der Waals surface area contributed by atoms with Crippen LogP contribution in [0.5, 0.6) is 11.5 Å². The maximum atomic E-state index is 6.79. The Morgan fingerprint density at radius 3 is 2.19 bits per heavy atom. The van der Waals surface area contributed by atoms with Crippen LogP contribution < -0.4 is 14.5 Å². The zero-order valence-electron chi connectivity index (χ0n) is 35.4. The van der Waals surface area contributed by atoms with Gasteiger partial charge >= 0.3 is 6.85 Å². The Morgan fingerprint density at radius 1 is 0.629 bits per heavy atom. The quantitative estimate of drug-likeness (QED) is 0.150. The Balaban J connectivity index is 0.991. The molecule has 300 valence electrons. The zero-order chi connectivity index (χ0) is 42.0. The molecule has 0 saturated heterocycles. The summed E-state index contributed by atoms with van der Waals surface area (Å²) in [6, 6.07) is 56.3. The Morgan fingerprint density at radius 2 is 1.37 bits per heavy atom. The summed E-state index contributed by atoms with van der Waals surface area (Å²) in [6.07, 6.45) is 10.7. The van der Waals surface area contributed by atoms with Crippen LogP contribution in [0.4, 0.5) is 17.1 Å². The van der Waals surface area contributed by atoms with Crippen molar-refractivity contribution in [2.45, 2.75) is 33.1 Å². The lowest BCUT2D eigenvalue weighted by molar-refractivity contribution is 0.483. The molecule has 7 heteroatoms. The summed E-state index contributed by atoms with van der Waals surface area (Å²) in [4.78, 5) is 12.1. The van der Waals surface area contributed by atoms with E-state index in [-0.39, 0.29) is 12.3 Å². The van der Waals surface area contributed by atoms with Crippen molar-refractivity contribution in [1.82, 2.24) is 14.4 Å². The third kappa shape index (κ3) is 6.49. The molecule has 0 aliphatic carbocycles. The van der Waals surface area contributed by atoms with Crippen molar-refractivity contribution in [3.63, 3.8) is 0 Å². The summed E-state index contributed by atoms with van der Waals surface area (Å²) in [5.41, 5.74) is 14.0. The van der Waals surface area contributed by atoms with Gasteiger partial charge < -0.3 is 19.3 Å². The van der Waals surface area contributed by atoms with Gasteiger partial charge in [-0.3, -0.25) is 4.57 Å². The SMILES string of the molecule is Cc1ccc(C2=C(N3CN(c4cccc(Oc5ccc6c7ccccc7n(-c7cc(C(C)(C)C)ccn7)c6c5)c4)c4ccccc43)C(c3ccccc3)=CN3C=CC=CB23)cc1. The Labute approximate surface area is 363 Å². The normalized spacial score (nSPS) is 14.8. The number of hydrogen-bond donors (Lipinski definition) is 0. The molecule has 0 amide bonds. The Hall–Kier alpha value is -7.51. The van der Waals surface area contributed by atoms with Crippen LogP contribution in [0.25, 0.3) is 38.7 Å². The van der Waals surface area contributed by atoms with E-state index in [1.165, 1.54) is 44.4 Å². The van der Waals surface area contributed by atoms with Gasteiger partial charge in [-0.1, -0.05) is 129 Å². The second-order valence-electron chi connectivity index (χ2n) is 17.4. The molecule has 62 heavy (non-hydrogen) atoms. The lowest BCUT2D eigenvalue weighted by Gasteiger charge is -2.38. The minimum absolute atomic E-state index is 0.00816. The lowest BCUT2D eigenvalue weighted by atomic mass is 9.48. The number of pyridine rings is 1. The van der Waals surface area contributed by atoms with Gasteiger partial charge in [-0.25, -0.2) is 4.98 Å². The Bertz CT molecular complexity index is 3150. The number of nitrogens with zero attached hydrogens (tertiary/aromatic N) is 5. The number of para-hydroxylation sites is 3. The average molecular weight is 804 g/mol. The standard InChI is InChI=1S/C55H46BN5O/c1-38-23-25-40(26-24-38)53-54(47(39-15-6-5-7-16-39)36-58-32-13-12-30-56(53)58)60-37-59(49-21-10-11-22-50(49)60)42-17-14-18-43(34-42)62-44-27-28-46-45-19-8-9-20-48(45)61(51(46)35-44)52-33-41(29-31-57-52)55(2,3)4/h5-36H,37H2,1-4H3. The van der Waals surface area contributed by atoms with E-state index in [2.05, 4.69) is 229 Å². The van der Waals surface area contributed by atoms with Gasteiger partial charge in [0.25, 0.3) is 0 Å². The number of ether oxygens (including phenoxy) is 1. The van der Waals surface area contributed by atoms with E-state index in [1.807, 2.05) is 12.3 Å². The van der Waals surface area contributed by atoms with Crippen molar-refractivity contribution in [3.8, 4) is 17.3 Å². The number of anilines is 3. The van der Waals surface area contributed by atoms with Gasteiger partial charge in [0.1, 0.15) is 24.0 Å². The third-order valence-electron chi connectivity index (χ3n) is 12.4. The van der Waals surface area contributed by atoms with Crippen molar-refractivity contribution in [2.24, 2.45) is 0 Å². The molecular formula is C55H46BN5O. The molecule has 0 atom stereocenters. The van der Waals surface area contributed by atoms with Crippen molar-refractivity contribution in [1.29, 1.82) is 0 Å². The van der Waals surface area contributed by atoms with E-state index >= 15 is 0 Å². The molecule has 0 saturated carbocycles. The summed E-state index contributed by atoms with van der Waals surface area (Å²) in [6.45, 7) is 9.54. The number of rotatable bonds is 7. The van der Waals surface area contributed by atoms with Crippen LogP contribution in [-0.4, -0.2) is 27.9 Å². The summed E-state index contributed by atoms with van der Waals surface area (Å²) in [5.74, 6) is 4.74. The molecule has 0 N–H and O–H groups in total. The topological polar surface area (TPSA) is 36.8 Å². The molecular weight excluding hydrogens is 757 g/mol. The smallest absolute Gasteiger partial charge is 0.322 e. The predicted molar refractivity (Wildman–Crippen MR) is 258 cm³/mol. The average Bonchev–Trinajstić information content (AvgIpc) is 3.85.